The topological polar surface area (TPSA) is 63.8 Å². The van der Waals surface area contributed by atoms with Crippen LogP contribution >= 0.6 is 12.2 Å². The van der Waals surface area contributed by atoms with Crippen molar-refractivity contribution in [2.75, 3.05) is 5.73 Å². The largest absolute Gasteiger partial charge is 0.385 e. The number of rotatable bonds is 0. The molecule has 0 fully saturated rings. The summed E-state index contributed by atoms with van der Waals surface area (Å²) in [6.07, 6.45) is 0. The first kappa shape index (κ1) is 7.01. The normalized spacial score (nSPS) is 9.70. The summed E-state index contributed by atoms with van der Waals surface area (Å²) in [5.74, 6) is 0.299. The van der Waals surface area contributed by atoms with Gasteiger partial charge in [0.2, 0.25) is 0 Å². The van der Waals surface area contributed by atoms with Crippen molar-refractivity contribution in [1.82, 2.24) is 9.55 Å². The number of nitrogen functional groups attached to an aromatic ring is 1. The van der Waals surface area contributed by atoms with Crippen LogP contribution in [-0.2, 0) is 7.05 Å². The summed E-state index contributed by atoms with van der Waals surface area (Å²) in [6.45, 7) is 0. The fourth-order valence-corrected chi connectivity index (χ4v) is 0.783. The average molecular weight is 157 g/mol. The number of anilines is 1. The van der Waals surface area contributed by atoms with E-state index >= 15 is 0 Å². The maximum Gasteiger partial charge on any atom is 0.327 e. The lowest BCUT2D eigenvalue weighted by Crippen LogP contribution is -2.21. The zero-order chi connectivity index (χ0) is 7.72. The Morgan fingerprint density at radius 2 is 2.40 bits per heavy atom. The predicted molar refractivity (Wildman–Crippen MR) is 41.3 cm³/mol. The van der Waals surface area contributed by atoms with Gasteiger partial charge in [-0.25, -0.2) is 4.79 Å². The standard InChI is InChI=1S/C5H7N3OS/c1-8-4(10)2-3(6)7-5(8)9/h2H,6H2,1H3,(H,7,9). The van der Waals surface area contributed by atoms with Crippen molar-refractivity contribution in [2.45, 2.75) is 0 Å². The molecule has 4 nitrogen and oxygen atoms in total. The summed E-state index contributed by atoms with van der Waals surface area (Å²) >= 11 is 4.79. The highest BCUT2D eigenvalue weighted by Crippen LogP contribution is 1.90. The van der Waals surface area contributed by atoms with Crippen LogP contribution in [0.3, 0.4) is 0 Å². The molecule has 0 unspecified atom stereocenters. The summed E-state index contributed by atoms with van der Waals surface area (Å²) in [4.78, 5) is 13.2. The molecule has 0 saturated heterocycles. The highest BCUT2D eigenvalue weighted by Gasteiger charge is 1.91. The molecule has 0 amide bonds. The van der Waals surface area contributed by atoms with Crippen LogP contribution in [0.1, 0.15) is 0 Å². The molecule has 0 spiro atoms. The Kier molecular flexibility index (Phi) is 1.58. The van der Waals surface area contributed by atoms with Crippen LogP contribution in [0, 0.1) is 4.64 Å². The Bertz CT molecular complexity index is 319. The lowest BCUT2D eigenvalue weighted by atomic mass is 10.6. The molecule has 0 radical (unpaired) electrons. The van der Waals surface area contributed by atoms with E-state index in [9.17, 15) is 4.79 Å². The minimum absolute atomic E-state index is 0.287. The van der Waals surface area contributed by atoms with Crippen LogP contribution in [0.25, 0.3) is 0 Å². The van der Waals surface area contributed by atoms with E-state index in [1.54, 1.807) is 7.05 Å². The summed E-state index contributed by atoms with van der Waals surface area (Å²) in [5.41, 5.74) is 5.01. The zero-order valence-corrected chi connectivity index (χ0v) is 6.23. The van der Waals surface area contributed by atoms with Gasteiger partial charge in [-0.15, -0.1) is 0 Å². The van der Waals surface area contributed by atoms with Crippen LogP contribution in [0.15, 0.2) is 10.9 Å². The van der Waals surface area contributed by atoms with E-state index in [1.807, 2.05) is 0 Å². The maximum absolute atomic E-state index is 10.8. The molecule has 5 heteroatoms. The van der Waals surface area contributed by atoms with Crippen molar-refractivity contribution in [3.63, 3.8) is 0 Å². The Labute approximate surface area is 62.3 Å². The molecule has 54 valence electrons. The smallest absolute Gasteiger partial charge is 0.327 e. The second-order valence-corrected chi connectivity index (χ2v) is 2.35. The van der Waals surface area contributed by atoms with Crippen LogP contribution in [0.5, 0.6) is 0 Å². The molecule has 1 aromatic heterocycles. The second-order valence-electron chi connectivity index (χ2n) is 1.93. The van der Waals surface area contributed by atoms with Crippen LogP contribution in [0.4, 0.5) is 5.82 Å². The van der Waals surface area contributed by atoms with Crippen molar-refractivity contribution in [1.29, 1.82) is 0 Å². The second kappa shape index (κ2) is 2.26. The monoisotopic (exact) mass is 157 g/mol. The minimum atomic E-state index is -0.287. The quantitative estimate of drug-likeness (QED) is 0.522. The number of nitrogens with one attached hydrogen (secondary N) is 1. The molecule has 0 aromatic carbocycles. The first-order valence-electron chi connectivity index (χ1n) is 2.67. The SMILES string of the molecule is Cn1c(=S)cc(N)[nH]c1=O. The summed E-state index contributed by atoms with van der Waals surface area (Å²) in [7, 11) is 1.58. The number of aromatic amines is 1. The number of nitrogens with two attached hydrogens (primary N) is 1. The van der Waals surface area contributed by atoms with Crippen molar-refractivity contribution in [2.24, 2.45) is 7.05 Å². The summed E-state index contributed by atoms with van der Waals surface area (Å²) < 4.78 is 1.74. The van der Waals surface area contributed by atoms with Crippen molar-refractivity contribution in [3.8, 4) is 0 Å². The van der Waals surface area contributed by atoms with Gasteiger partial charge >= 0.3 is 5.69 Å². The van der Waals surface area contributed by atoms with E-state index in [4.69, 9.17) is 18.0 Å². The number of hydrogen-bond acceptors (Lipinski definition) is 3. The highest BCUT2D eigenvalue weighted by molar-refractivity contribution is 7.71. The first-order chi connectivity index (χ1) is 4.61. The van der Waals surface area contributed by atoms with E-state index in [0.29, 0.717) is 10.5 Å². The third-order valence-corrected chi connectivity index (χ3v) is 1.56. The highest BCUT2D eigenvalue weighted by atomic mass is 32.1. The fourth-order valence-electron chi connectivity index (χ4n) is 0.573. The Morgan fingerprint density at radius 1 is 1.80 bits per heavy atom. The van der Waals surface area contributed by atoms with Gasteiger partial charge in [-0.3, -0.25) is 9.55 Å². The van der Waals surface area contributed by atoms with E-state index < -0.39 is 0 Å². The van der Waals surface area contributed by atoms with Gasteiger partial charge in [0.15, 0.2) is 0 Å². The minimum Gasteiger partial charge on any atom is -0.385 e. The van der Waals surface area contributed by atoms with Crippen molar-refractivity contribution < 1.29 is 0 Å². The molecule has 0 aliphatic carbocycles. The third-order valence-electron chi connectivity index (χ3n) is 1.17. The molecule has 1 aromatic rings. The van der Waals surface area contributed by atoms with E-state index in [2.05, 4.69) is 4.98 Å². The van der Waals surface area contributed by atoms with Crippen LogP contribution in [-0.4, -0.2) is 9.55 Å². The van der Waals surface area contributed by atoms with Crippen molar-refractivity contribution in [3.05, 3.63) is 21.2 Å². The molecule has 0 aliphatic heterocycles. The summed E-state index contributed by atoms with van der Waals surface area (Å²) in [5, 5.41) is 0. The fraction of sp³-hybridized carbons (Fsp3) is 0.200. The molecule has 1 heterocycles. The first-order valence-corrected chi connectivity index (χ1v) is 3.08. The van der Waals surface area contributed by atoms with Gasteiger partial charge < -0.3 is 5.73 Å². The molecule has 10 heavy (non-hydrogen) atoms. The zero-order valence-electron chi connectivity index (χ0n) is 5.42. The van der Waals surface area contributed by atoms with Gasteiger partial charge in [-0.1, -0.05) is 12.2 Å². The van der Waals surface area contributed by atoms with Crippen LogP contribution in [0.2, 0.25) is 0 Å². The van der Waals surface area contributed by atoms with E-state index in [1.165, 1.54) is 10.6 Å². The molecule has 0 saturated carbocycles. The molecule has 0 bridgehead atoms. The molecule has 0 atom stereocenters. The van der Waals surface area contributed by atoms with E-state index in [-0.39, 0.29) is 5.69 Å². The van der Waals surface area contributed by atoms with Crippen LogP contribution < -0.4 is 11.4 Å². The Hall–Kier alpha value is -1.10. The summed E-state index contributed by atoms with van der Waals surface area (Å²) in [6, 6.07) is 1.52. The number of nitrogens with zero attached hydrogens (tertiary/aromatic N) is 1. The maximum atomic E-state index is 10.8. The molecule has 3 N–H and O–H groups in total. The average Bonchev–Trinajstić information content (AvgIpc) is 1.82. The number of aromatic nitrogens is 2. The third kappa shape index (κ3) is 1.08. The lowest BCUT2D eigenvalue weighted by molar-refractivity contribution is 0.801. The molecular formula is C5H7N3OS. The number of H-pyrrole nitrogens is 1. The van der Waals surface area contributed by atoms with Gasteiger partial charge in [-0.2, -0.15) is 0 Å². The lowest BCUT2D eigenvalue weighted by Gasteiger charge is -1.96. The van der Waals surface area contributed by atoms with Gasteiger partial charge in [0.25, 0.3) is 0 Å². The van der Waals surface area contributed by atoms with E-state index in [0.717, 1.165) is 0 Å². The predicted octanol–water partition coefficient (Wildman–Crippen LogP) is 0.0251. The Balaban J connectivity index is 3.62. The Morgan fingerprint density at radius 3 is 2.90 bits per heavy atom. The molecule has 0 aliphatic rings. The molecule has 1 rings (SSSR count). The van der Waals surface area contributed by atoms with Gasteiger partial charge in [0, 0.05) is 13.1 Å². The molecular weight excluding hydrogens is 150 g/mol. The van der Waals surface area contributed by atoms with Gasteiger partial charge in [0.1, 0.15) is 10.5 Å². The van der Waals surface area contributed by atoms with Gasteiger partial charge in [0.05, 0.1) is 0 Å². The number of hydrogen-bond donors (Lipinski definition) is 2. The van der Waals surface area contributed by atoms with Crippen molar-refractivity contribution >= 4 is 18.0 Å². The van der Waals surface area contributed by atoms with Gasteiger partial charge in [-0.05, 0) is 0 Å².